The van der Waals surface area contributed by atoms with Crippen LogP contribution in [-0.4, -0.2) is 16.8 Å². The minimum atomic E-state index is 0.982. The summed E-state index contributed by atoms with van der Waals surface area (Å²) in [6.07, 6.45) is 1.84. The number of para-hydroxylation sites is 1. The van der Waals surface area contributed by atoms with E-state index in [0.29, 0.717) is 0 Å². The zero-order valence-corrected chi connectivity index (χ0v) is 9.27. The summed E-state index contributed by atoms with van der Waals surface area (Å²) in [4.78, 5) is 9.75. The summed E-state index contributed by atoms with van der Waals surface area (Å²) < 4.78 is 1.84. The van der Waals surface area contributed by atoms with Gasteiger partial charge in [-0.25, -0.2) is 0 Å². The van der Waals surface area contributed by atoms with E-state index in [2.05, 4.69) is 17.1 Å². The topological polar surface area (TPSA) is 27.1 Å². The molecule has 80 valence electrons. The summed E-state index contributed by atoms with van der Waals surface area (Å²) in [5.74, 6) is 0. The van der Waals surface area contributed by atoms with Gasteiger partial charge in [0.15, 0.2) is 0 Å². The van der Waals surface area contributed by atoms with Gasteiger partial charge in [-0.2, -0.15) is 4.73 Å². The molecule has 3 nitrogen and oxygen atoms in total. The van der Waals surface area contributed by atoms with Gasteiger partial charge < -0.3 is 4.84 Å². The van der Waals surface area contributed by atoms with Crippen LogP contribution in [0, 0.1) is 6.92 Å². The first kappa shape index (κ1) is 9.21. The lowest BCUT2D eigenvalue weighted by atomic mass is 10.2. The number of hydrogen-bond acceptors (Lipinski definition) is 2. The van der Waals surface area contributed by atoms with Gasteiger partial charge in [0.25, 0.3) is 0 Å². The molecule has 3 rings (SSSR count). The van der Waals surface area contributed by atoms with Gasteiger partial charge in [0.1, 0.15) is 12.6 Å². The molecule has 0 aliphatic carbocycles. The van der Waals surface area contributed by atoms with E-state index in [-0.39, 0.29) is 0 Å². The molecule has 2 aromatic heterocycles. The summed E-state index contributed by atoms with van der Waals surface area (Å²) >= 11 is 0. The lowest BCUT2D eigenvalue weighted by molar-refractivity contribution is 0.190. The molecule has 0 atom stereocenters. The minimum absolute atomic E-state index is 0.982. The molecule has 0 aliphatic heterocycles. The first-order valence-electron chi connectivity index (χ1n) is 5.22. The molecule has 3 heteroatoms. The number of aryl methyl sites for hydroxylation is 1. The Morgan fingerprint density at radius 1 is 1.12 bits per heavy atom. The highest BCUT2D eigenvalue weighted by Crippen LogP contribution is 2.28. The molecule has 0 saturated carbocycles. The van der Waals surface area contributed by atoms with E-state index in [4.69, 9.17) is 4.84 Å². The highest BCUT2D eigenvalue weighted by Gasteiger charge is 2.12. The van der Waals surface area contributed by atoms with Crippen LogP contribution in [0.5, 0.6) is 0 Å². The van der Waals surface area contributed by atoms with Crippen molar-refractivity contribution in [3.63, 3.8) is 0 Å². The van der Waals surface area contributed by atoms with Crippen molar-refractivity contribution >= 4 is 21.8 Å². The highest BCUT2D eigenvalue weighted by molar-refractivity contribution is 6.08. The average Bonchev–Trinajstić information content (AvgIpc) is 2.65. The van der Waals surface area contributed by atoms with Crippen LogP contribution < -0.4 is 4.84 Å². The monoisotopic (exact) mass is 212 g/mol. The van der Waals surface area contributed by atoms with E-state index >= 15 is 0 Å². The molecule has 0 unspecified atom stereocenters. The fourth-order valence-corrected chi connectivity index (χ4v) is 2.22. The fraction of sp³-hybridized carbons (Fsp3) is 0.154. The summed E-state index contributed by atoms with van der Waals surface area (Å²) in [7, 11) is 1.68. The second-order valence-corrected chi connectivity index (χ2v) is 3.79. The third kappa shape index (κ3) is 1.05. The van der Waals surface area contributed by atoms with Crippen molar-refractivity contribution in [2.24, 2.45) is 0 Å². The zero-order chi connectivity index (χ0) is 11.1. The predicted octanol–water partition coefficient (Wildman–Crippen LogP) is 2.56. The predicted molar refractivity (Wildman–Crippen MR) is 64.5 cm³/mol. The summed E-state index contributed by atoms with van der Waals surface area (Å²) in [5.41, 5.74) is 3.11. The number of fused-ring (bicyclic) bond motifs is 3. The molecule has 2 heterocycles. The molecule has 1 aromatic carbocycles. The SMILES string of the molecule is COn1c2ccccc2c2ccnc(C)c21. The fourth-order valence-electron chi connectivity index (χ4n) is 2.22. The van der Waals surface area contributed by atoms with Gasteiger partial charge in [0.05, 0.1) is 11.2 Å². The maximum atomic E-state index is 5.44. The first-order chi connectivity index (χ1) is 7.83. The Morgan fingerprint density at radius 2 is 1.94 bits per heavy atom. The molecular weight excluding hydrogens is 200 g/mol. The van der Waals surface area contributed by atoms with E-state index in [9.17, 15) is 0 Å². The Kier molecular flexibility index (Phi) is 1.86. The Labute approximate surface area is 93.2 Å². The summed E-state index contributed by atoms with van der Waals surface area (Å²) in [6, 6.07) is 10.2. The van der Waals surface area contributed by atoms with Gasteiger partial charge in [-0.1, -0.05) is 18.2 Å². The van der Waals surface area contributed by atoms with Crippen LogP contribution in [0.4, 0.5) is 0 Å². The van der Waals surface area contributed by atoms with Crippen LogP contribution in [0.2, 0.25) is 0 Å². The van der Waals surface area contributed by atoms with Gasteiger partial charge in [0, 0.05) is 17.0 Å². The maximum Gasteiger partial charge on any atom is 0.109 e. The lowest BCUT2D eigenvalue weighted by Crippen LogP contribution is -2.05. The smallest absolute Gasteiger partial charge is 0.109 e. The normalized spacial score (nSPS) is 11.1. The quantitative estimate of drug-likeness (QED) is 0.620. The van der Waals surface area contributed by atoms with E-state index in [1.165, 1.54) is 10.8 Å². The van der Waals surface area contributed by atoms with Crippen LogP contribution >= 0.6 is 0 Å². The molecule has 16 heavy (non-hydrogen) atoms. The van der Waals surface area contributed by atoms with Crippen molar-refractivity contribution in [1.29, 1.82) is 0 Å². The van der Waals surface area contributed by atoms with Crippen molar-refractivity contribution in [3.05, 3.63) is 42.2 Å². The number of aromatic nitrogens is 2. The number of hydrogen-bond donors (Lipinski definition) is 0. The molecule has 0 N–H and O–H groups in total. The van der Waals surface area contributed by atoms with Gasteiger partial charge >= 0.3 is 0 Å². The van der Waals surface area contributed by atoms with E-state index in [1.54, 1.807) is 7.11 Å². The third-order valence-electron chi connectivity index (χ3n) is 2.91. The van der Waals surface area contributed by atoms with Gasteiger partial charge in [-0.3, -0.25) is 4.98 Å². The molecule has 0 aliphatic rings. The Hall–Kier alpha value is -2.03. The van der Waals surface area contributed by atoms with Crippen LogP contribution in [0.1, 0.15) is 5.69 Å². The van der Waals surface area contributed by atoms with Crippen LogP contribution in [0.3, 0.4) is 0 Å². The highest BCUT2D eigenvalue weighted by atomic mass is 16.6. The van der Waals surface area contributed by atoms with Crippen molar-refractivity contribution in [2.75, 3.05) is 7.11 Å². The van der Waals surface area contributed by atoms with E-state index < -0.39 is 0 Å². The first-order valence-corrected chi connectivity index (χ1v) is 5.22. The second-order valence-electron chi connectivity index (χ2n) is 3.79. The Bertz CT molecular complexity index is 670. The lowest BCUT2D eigenvalue weighted by Gasteiger charge is -2.05. The van der Waals surface area contributed by atoms with Gasteiger partial charge in [-0.15, -0.1) is 0 Å². The van der Waals surface area contributed by atoms with Crippen molar-refractivity contribution in [2.45, 2.75) is 6.92 Å². The summed E-state index contributed by atoms with van der Waals surface area (Å²) in [6.45, 7) is 2.00. The molecule has 0 spiro atoms. The van der Waals surface area contributed by atoms with Crippen LogP contribution in [0.25, 0.3) is 21.8 Å². The van der Waals surface area contributed by atoms with Gasteiger partial charge in [0.2, 0.25) is 0 Å². The summed E-state index contributed by atoms with van der Waals surface area (Å²) in [5, 5.41) is 2.38. The second kappa shape index (κ2) is 3.23. The number of rotatable bonds is 1. The third-order valence-corrected chi connectivity index (χ3v) is 2.91. The molecule has 0 radical (unpaired) electrons. The van der Waals surface area contributed by atoms with Crippen molar-refractivity contribution < 1.29 is 4.84 Å². The molecule has 0 amide bonds. The van der Waals surface area contributed by atoms with Crippen LogP contribution in [-0.2, 0) is 0 Å². The molecule has 0 fully saturated rings. The van der Waals surface area contributed by atoms with Crippen molar-refractivity contribution in [3.8, 4) is 0 Å². The standard InChI is InChI=1S/C13H12N2O/c1-9-13-11(7-8-14-9)10-5-3-4-6-12(10)15(13)16-2/h3-8H,1-2H3. The molecule has 0 saturated heterocycles. The molecule has 0 bridgehead atoms. The Morgan fingerprint density at radius 3 is 2.75 bits per heavy atom. The van der Waals surface area contributed by atoms with Crippen molar-refractivity contribution in [1.82, 2.24) is 9.71 Å². The largest absolute Gasteiger partial charge is 0.416 e. The minimum Gasteiger partial charge on any atom is -0.416 e. The number of pyridine rings is 1. The average molecular weight is 212 g/mol. The van der Waals surface area contributed by atoms with Crippen LogP contribution in [0.15, 0.2) is 36.5 Å². The number of benzene rings is 1. The van der Waals surface area contributed by atoms with E-state index in [0.717, 1.165) is 16.7 Å². The molecule has 3 aromatic rings. The maximum absolute atomic E-state index is 5.44. The van der Waals surface area contributed by atoms with Gasteiger partial charge in [-0.05, 0) is 19.1 Å². The van der Waals surface area contributed by atoms with E-state index in [1.807, 2.05) is 36.1 Å². The molecular formula is C13H12N2O. The number of nitrogens with zero attached hydrogens (tertiary/aromatic N) is 2. The Balaban J connectivity index is 2.64. The zero-order valence-electron chi connectivity index (χ0n) is 9.27.